The predicted octanol–water partition coefficient (Wildman–Crippen LogP) is 3.65. The Bertz CT molecular complexity index is 887. The smallest absolute Gasteiger partial charge is 0.248 e. The van der Waals surface area contributed by atoms with Crippen LogP contribution in [0.3, 0.4) is 0 Å². The number of aryl methyl sites for hydroxylation is 2. The molecular weight excluding hydrogens is 388 g/mol. The number of hydrogen-bond donors (Lipinski definition) is 4. The van der Waals surface area contributed by atoms with E-state index in [1.807, 2.05) is 12.1 Å². The number of pyridine rings is 2. The zero-order chi connectivity index (χ0) is 21.5. The normalized spacial score (nSPS) is 20.3. The first-order valence-electron chi connectivity index (χ1n) is 12.1. The Morgan fingerprint density at radius 1 is 0.677 bits per heavy atom. The average molecular weight is 425 g/mol. The Morgan fingerprint density at radius 3 is 1.61 bits per heavy atom. The maximum Gasteiger partial charge on any atom is 0.248 e. The van der Waals surface area contributed by atoms with E-state index in [2.05, 4.69) is 20.6 Å². The first-order chi connectivity index (χ1) is 15.2. The van der Waals surface area contributed by atoms with Gasteiger partial charge >= 0.3 is 0 Å². The Labute approximate surface area is 184 Å². The standard InChI is InChI=1S/C25H36N4O2/c30-24-14-12-18-20(8-6-10-22(18)28-24)26-16-4-2-1-3-5-17-27-21-9-7-11-23-19(21)13-15-25(31)29-23/h12-15,20-21,26-27H,1-11,16-17H2,(H,28,30)(H,29,31)/t20-,21-/m0/s1. The fraction of sp³-hybridized carbons (Fsp3) is 0.600. The summed E-state index contributed by atoms with van der Waals surface area (Å²) in [6.45, 7) is 2.08. The van der Waals surface area contributed by atoms with E-state index in [1.165, 1.54) is 43.2 Å². The van der Waals surface area contributed by atoms with Crippen molar-refractivity contribution in [1.82, 2.24) is 20.6 Å². The summed E-state index contributed by atoms with van der Waals surface area (Å²) in [6, 6.07) is 8.08. The Balaban J connectivity index is 1.08. The van der Waals surface area contributed by atoms with Crippen molar-refractivity contribution in [2.45, 2.75) is 82.7 Å². The molecule has 0 aliphatic heterocycles. The van der Waals surface area contributed by atoms with Gasteiger partial charge in [0.05, 0.1) is 0 Å². The summed E-state index contributed by atoms with van der Waals surface area (Å²) in [6.07, 6.45) is 12.7. The lowest BCUT2D eigenvalue weighted by Gasteiger charge is -2.26. The second-order valence-electron chi connectivity index (χ2n) is 9.08. The molecule has 6 heteroatoms. The van der Waals surface area contributed by atoms with Gasteiger partial charge in [-0.1, -0.05) is 31.4 Å². The monoisotopic (exact) mass is 424 g/mol. The molecule has 0 unspecified atom stereocenters. The molecule has 2 aliphatic carbocycles. The van der Waals surface area contributed by atoms with E-state index in [4.69, 9.17) is 0 Å². The minimum absolute atomic E-state index is 0.0107. The Hall–Kier alpha value is -2.18. The van der Waals surface area contributed by atoms with Gasteiger partial charge in [0, 0.05) is 35.6 Å². The van der Waals surface area contributed by atoms with E-state index >= 15 is 0 Å². The van der Waals surface area contributed by atoms with Crippen molar-refractivity contribution in [3.63, 3.8) is 0 Å². The summed E-state index contributed by atoms with van der Waals surface area (Å²) in [5.74, 6) is 0. The molecule has 0 spiro atoms. The molecule has 0 aromatic carbocycles. The molecule has 0 radical (unpaired) electrons. The minimum atomic E-state index is 0.0107. The molecule has 0 bridgehead atoms. The lowest BCUT2D eigenvalue weighted by molar-refractivity contribution is 0.434. The van der Waals surface area contributed by atoms with Crippen LogP contribution in [0.5, 0.6) is 0 Å². The summed E-state index contributed by atoms with van der Waals surface area (Å²) in [5, 5.41) is 7.39. The summed E-state index contributed by atoms with van der Waals surface area (Å²) in [5.41, 5.74) is 4.83. The van der Waals surface area contributed by atoms with E-state index in [-0.39, 0.29) is 11.1 Å². The van der Waals surface area contributed by atoms with Crippen LogP contribution >= 0.6 is 0 Å². The molecule has 4 N–H and O–H groups in total. The molecular formula is C25H36N4O2. The van der Waals surface area contributed by atoms with Crippen molar-refractivity contribution < 1.29 is 0 Å². The van der Waals surface area contributed by atoms with Crippen LogP contribution in [0, 0.1) is 0 Å². The van der Waals surface area contributed by atoms with Crippen molar-refractivity contribution in [2.75, 3.05) is 13.1 Å². The fourth-order valence-electron chi connectivity index (χ4n) is 5.16. The number of aromatic amines is 2. The zero-order valence-electron chi connectivity index (χ0n) is 18.5. The lowest BCUT2D eigenvalue weighted by Crippen LogP contribution is -2.28. The van der Waals surface area contributed by atoms with Crippen LogP contribution < -0.4 is 21.8 Å². The SMILES string of the molecule is O=c1ccc2c([nH]1)CCC[C@@H]2NCCCCCCCN[C@H]1CCCc2[nH]c(=O)ccc21. The minimum Gasteiger partial charge on any atom is -0.326 e. The predicted molar refractivity (Wildman–Crippen MR) is 125 cm³/mol. The van der Waals surface area contributed by atoms with Crippen LogP contribution in [0.2, 0.25) is 0 Å². The summed E-state index contributed by atoms with van der Waals surface area (Å²) in [7, 11) is 0. The molecule has 0 saturated heterocycles. The second kappa shape index (κ2) is 10.9. The largest absolute Gasteiger partial charge is 0.326 e. The zero-order valence-corrected chi connectivity index (χ0v) is 18.5. The number of hydrogen-bond acceptors (Lipinski definition) is 4. The average Bonchev–Trinajstić information content (AvgIpc) is 2.77. The van der Waals surface area contributed by atoms with Crippen molar-refractivity contribution >= 4 is 0 Å². The highest BCUT2D eigenvalue weighted by Crippen LogP contribution is 2.28. The molecule has 0 fully saturated rings. The van der Waals surface area contributed by atoms with Crippen LogP contribution in [0.15, 0.2) is 33.9 Å². The Morgan fingerprint density at radius 2 is 1.13 bits per heavy atom. The first-order valence-corrected chi connectivity index (χ1v) is 12.1. The molecule has 2 aromatic rings. The van der Waals surface area contributed by atoms with E-state index in [0.29, 0.717) is 12.1 Å². The summed E-state index contributed by atoms with van der Waals surface area (Å²) in [4.78, 5) is 29.0. The van der Waals surface area contributed by atoms with Gasteiger partial charge in [0.25, 0.3) is 0 Å². The van der Waals surface area contributed by atoms with E-state index in [1.54, 1.807) is 12.1 Å². The maximum absolute atomic E-state index is 11.5. The fourth-order valence-corrected chi connectivity index (χ4v) is 5.16. The molecule has 0 saturated carbocycles. The topological polar surface area (TPSA) is 89.8 Å². The van der Waals surface area contributed by atoms with E-state index in [0.717, 1.165) is 63.0 Å². The van der Waals surface area contributed by atoms with E-state index in [9.17, 15) is 9.59 Å². The van der Waals surface area contributed by atoms with Gasteiger partial charge in [-0.2, -0.15) is 0 Å². The van der Waals surface area contributed by atoms with Crippen molar-refractivity contribution in [2.24, 2.45) is 0 Å². The molecule has 2 aliphatic rings. The highest BCUT2D eigenvalue weighted by Gasteiger charge is 2.21. The maximum atomic E-state index is 11.5. The van der Waals surface area contributed by atoms with Crippen molar-refractivity contribution in [3.05, 3.63) is 67.5 Å². The molecule has 6 nitrogen and oxygen atoms in total. The van der Waals surface area contributed by atoms with Crippen LogP contribution in [-0.2, 0) is 12.8 Å². The molecule has 31 heavy (non-hydrogen) atoms. The van der Waals surface area contributed by atoms with Crippen molar-refractivity contribution in [1.29, 1.82) is 0 Å². The highest BCUT2D eigenvalue weighted by atomic mass is 16.1. The highest BCUT2D eigenvalue weighted by molar-refractivity contribution is 5.27. The third-order valence-electron chi connectivity index (χ3n) is 6.80. The molecule has 0 amide bonds. The first kappa shape index (κ1) is 22.0. The number of rotatable bonds is 10. The summed E-state index contributed by atoms with van der Waals surface area (Å²) >= 11 is 0. The van der Waals surface area contributed by atoms with Crippen LogP contribution in [0.25, 0.3) is 0 Å². The van der Waals surface area contributed by atoms with Crippen molar-refractivity contribution in [3.8, 4) is 0 Å². The van der Waals surface area contributed by atoms with Crippen LogP contribution in [-0.4, -0.2) is 23.1 Å². The van der Waals surface area contributed by atoms with Gasteiger partial charge in [0.15, 0.2) is 0 Å². The van der Waals surface area contributed by atoms with Gasteiger partial charge < -0.3 is 20.6 Å². The second-order valence-corrected chi connectivity index (χ2v) is 9.08. The van der Waals surface area contributed by atoms with Gasteiger partial charge in [-0.05, 0) is 75.6 Å². The summed E-state index contributed by atoms with van der Waals surface area (Å²) < 4.78 is 0. The number of nitrogens with one attached hydrogen (secondary N) is 4. The van der Waals surface area contributed by atoms with Gasteiger partial charge in [0.1, 0.15) is 0 Å². The molecule has 4 rings (SSSR count). The van der Waals surface area contributed by atoms with E-state index < -0.39 is 0 Å². The third-order valence-corrected chi connectivity index (χ3v) is 6.80. The molecule has 2 atom stereocenters. The number of unbranched alkanes of at least 4 members (excludes halogenated alkanes) is 4. The van der Waals surface area contributed by atoms with Crippen LogP contribution in [0.4, 0.5) is 0 Å². The Kier molecular flexibility index (Phi) is 7.76. The molecule has 168 valence electrons. The van der Waals surface area contributed by atoms with Gasteiger partial charge in [-0.3, -0.25) is 9.59 Å². The third kappa shape index (κ3) is 5.95. The lowest BCUT2D eigenvalue weighted by atomic mass is 9.91. The number of aromatic nitrogens is 2. The number of H-pyrrole nitrogens is 2. The van der Waals surface area contributed by atoms with Gasteiger partial charge in [-0.15, -0.1) is 0 Å². The van der Waals surface area contributed by atoms with Gasteiger partial charge in [0.2, 0.25) is 11.1 Å². The molecule has 2 aromatic heterocycles. The van der Waals surface area contributed by atoms with Gasteiger partial charge in [-0.25, -0.2) is 0 Å². The number of fused-ring (bicyclic) bond motifs is 2. The van der Waals surface area contributed by atoms with Crippen LogP contribution in [0.1, 0.15) is 92.4 Å². The quantitative estimate of drug-likeness (QED) is 0.438. The molecule has 2 heterocycles.